The zero-order chi connectivity index (χ0) is 39.9. The Morgan fingerprint density at radius 3 is 2.20 bits per heavy atom. The molecule has 6 rings (SSSR count). The van der Waals surface area contributed by atoms with Crippen molar-refractivity contribution in [3.05, 3.63) is 94.9 Å². The largest absolute Gasteiger partial charge is 0.458 e. The van der Waals surface area contributed by atoms with Crippen LogP contribution in [0.4, 0.5) is 60.0 Å². The van der Waals surface area contributed by atoms with Crippen molar-refractivity contribution in [1.82, 2.24) is 24.8 Å². The minimum atomic E-state index is -5.77. The van der Waals surface area contributed by atoms with Gasteiger partial charge < -0.3 is 25.8 Å². The molecule has 2 aromatic heterocycles. The molecule has 2 aliphatic heterocycles. The van der Waals surface area contributed by atoms with Crippen molar-refractivity contribution in [3.63, 3.8) is 0 Å². The minimum absolute atomic E-state index is 0.102. The number of carbonyl (C=O) groups is 4. The molecule has 3 N–H and O–H groups in total. The molecule has 0 atom stereocenters. The summed E-state index contributed by atoms with van der Waals surface area (Å²) in [6, 6.07) is 17.5. The summed E-state index contributed by atoms with van der Waals surface area (Å²) in [6.45, 7) is 1.58. The Labute approximate surface area is 315 Å². The maximum Gasteiger partial charge on any atom is 0.458 e. The zero-order valence-corrected chi connectivity index (χ0v) is 29.7. The van der Waals surface area contributed by atoms with Crippen molar-refractivity contribution >= 4 is 63.9 Å². The third kappa shape index (κ3) is 10.9. The Balaban J connectivity index is 0.000000418. The number of piperidine rings is 1. The number of likely N-dealkylation sites (tertiary alicyclic amines) is 1. The van der Waals surface area contributed by atoms with Gasteiger partial charge in [-0.25, -0.2) is 9.78 Å². The Morgan fingerprint density at radius 1 is 0.873 bits per heavy atom. The summed E-state index contributed by atoms with van der Waals surface area (Å²) >= 11 is 6.41. The van der Waals surface area contributed by atoms with Gasteiger partial charge >= 0.3 is 30.0 Å². The number of urea groups is 1. The summed E-state index contributed by atoms with van der Waals surface area (Å²) in [5.74, 6) is -5.91. The Bertz CT molecular complexity index is 2020. The average molecular weight is 791 g/mol. The summed E-state index contributed by atoms with van der Waals surface area (Å²) in [5.41, 5.74) is 5.69. The van der Waals surface area contributed by atoms with Crippen LogP contribution >= 0.6 is 11.6 Å². The molecular formula is C36H33ClF6N8O4. The number of nitrogens with zero attached hydrogens (tertiary/aromatic N) is 5. The van der Waals surface area contributed by atoms with Gasteiger partial charge in [-0.2, -0.15) is 31.3 Å². The van der Waals surface area contributed by atoms with Crippen LogP contribution in [0.25, 0.3) is 0 Å². The molecule has 290 valence electrons. The van der Waals surface area contributed by atoms with Gasteiger partial charge in [0.2, 0.25) is 11.9 Å². The van der Waals surface area contributed by atoms with Crippen molar-refractivity contribution in [2.75, 3.05) is 36.1 Å². The molecule has 0 saturated carbocycles. The van der Waals surface area contributed by atoms with E-state index in [0.29, 0.717) is 49.3 Å². The molecule has 4 heterocycles. The van der Waals surface area contributed by atoms with E-state index in [-0.39, 0.29) is 17.9 Å². The summed E-state index contributed by atoms with van der Waals surface area (Å²) in [6.07, 6.45) is -3.56. The van der Waals surface area contributed by atoms with Gasteiger partial charge in [-0.15, -0.1) is 0 Å². The fraction of sp³-hybridized carbons (Fsp3) is 0.306. The molecule has 0 aliphatic carbocycles. The van der Waals surface area contributed by atoms with E-state index in [4.69, 9.17) is 11.6 Å². The van der Waals surface area contributed by atoms with Crippen LogP contribution in [0.1, 0.15) is 29.5 Å². The van der Waals surface area contributed by atoms with Crippen LogP contribution in [-0.2, 0) is 33.8 Å². The Hall–Kier alpha value is -5.78. The number of nitrogens with one attached hydrogen (secondary N) is 3. The van der Waals surface area contributed by atoms with Gasteiger partial charge in [-0.3, -0.25) is 19.4 Å². The number of halogens is 7. The van der Waals surface area contributed by atoms with E-state index < -0.39 is 23.9 Å². The van der Waals surface area contributed by atoms with Crippen molar-refractivity contribution < 1.29 is 45.5 Å². The average Bonchev–Trinajstić information content (AvgIpc) is 3.15. The molecule has 2 aliphatic rings. The highest BCUT2D eigenvalue weighted by Crippen LogP contribution is 2.29. The van der Waals surface area contributed by atoms with Crippen LogP contribution in [0.15, 0.2) is 73.2 Å². The normalized spacial score (nSPS) is 14.3. The first-order chi connectivity index (χ1) is 26.0. The van der Waals surface area contributed by atoms with Crippen molar-refractivity contribution in [3.8, 4) is 0 Å². The molecule has 2 aromatic carbocycles. The number of rotatable bonds is 5. The summed E-state index contributed by atoms with van der Waals surface area (Å²) in [4.78, 5) is 62.3. The highest BCUT2D eigenvalue weighted by molar-refractivity contribution is 6.41. The number of hydrogen-bond donors (Lipinski definition) is 3. The molecule has 3 amide bonds. The lowest BCUT2D eigenvalue weighted by molar-refractivity contribution is -0.193. The van der Waals surface area contributed by atoms with Crippen LogP contribution in [0.5, 0.6) is 0 Å². The Morgan fingerprint density at radius 2 is 1.55 bits per heavy atom. The molecule has 4 aromatic rings. The highest BCUT2D eigenvalue weighted by Gasteiger charge is 2.54. The third-order valence-corrected chi connectivity index (χ3v) is 8.89. The second-order valence-electron chi connectivity index (χ2n) is 12.6. The monoisotopic (exact) mass is 790 g/mol. The lowest BCUT2D eigenvalue weighted by Crippen LogP contribution is -2.44. The summed E-state index contributed by atoms with van der Waals surface area (Å²) < 4.78 is 67.0. The summed E-state index contributed by atoms with van der Waals surface area (Å²) in [7, 11) is 1.86. The SMILES string of the molecule is CN(Cc1ccc2cc1CCc1cncc(c1)Nc1ncc(Cl)c(n1)N2)C(=O)C1CCN(C(=O)Nc2ccccc2)CC1.O=C(C(=O)C(F)(F)F)C(F)(F)F. The molecule has 1 fully saturated rings. The molecule has 1 saturated heterocycles. The number of anilines is 5. The molecule has 12 nitrogen and oxygen atoms in total. The standard InChI is InChI=1S/C32H33ClN8O2.C4F6O2/c1-40(30(42)22-11-13-41(14-12-22)32(43)38-25-5-3-2-4-6-25)20-24-9-10-26-16-23(24)8-7-21-15-27(18-34-17-21)37-31-35-19-28(33)29(36-26)39-31;5-3(6,7)1(11)2(12)4(8,9)10/h2-6,9-10,15-19,22H,7-8,11-14,20H2,1H3,(H,38,43)(H2,35,36,37,39);. The molecule has 0 spiro atoms. The molecule has 55 heavy (non-hydrogen) atoms. The predicted molar refractivity (Wildman–Crippen MR) is 190 cm³/mol. The van der Waals surface area contributed by atoms with Crippen molar-refractivity contribution in [2.24, 2.45) is 5.92 Å². The van der Waals surface area contributed by atoms with Crippen LogP contribution in [0, 0.1) is 5.92 Å². The van der Waals surface area contributed by atoms with Gasteiger partial charge in [0, 0.05) is 50.2 Å². The smallest absolute Gasteiger partial charge is 0.341 e. The number of benzene rings is 2. The number of ketones is 2. The van der Waals surface area contributed by atoms with E-state index in [1.165, 1.54) is 0 Å². The van der Waals surface area contributed by atoms with Gasteiger partial charge in [0.1, 0.15) is 5.02 Å². The minimum Gasteiger partial charge on any atom is -0.341 e. The van der Waals surface area contributed by atoms with Crippen molar-refractivity contribution in [2.45, 2.75) is 44.6 Å². The number of amides is 3. The predicted octanol–water partition coefficient (Wildman–Crippen LogP) is 7.26. The van der Waals surface area contributed by atoms with E-state index in [9.17, 15) is 45.5 Å². The number of hydrogen-bond acceptors (Lipinski definition) is 9. The molecular weight excluding hydrogens is 758 g/mol. The van der Waals surface area contributed by atoms with Gasteiger partial charge in [0.15, 0.2) is 5.82 Å². The van der Waals surface area contributed by atoms with E-state index in [0.717, 1.165) is 46.6 Å². The van der Waals surface area contributed by atoms with E-state index >= 15 is 0 Å². The van der Waals surface area contributed by atoms with E-state index in [2.05, 4.69) is 43.0 Å². The fourth-order valence-corrected chi connectivity index (χ4v) is 5.94. The van der Waals surface area contributed by atoms with Crippen LogP contribution in [0.3, 0.4) is 0 Å². The highest BCUT2D eigenvalue weighted by atomic mass is 35.5. The van der Waals surface area contributed by atoms with E-state index in [1.807, 2.05) is 60.6 Å². The van der Waals surface area contributed by atoms with Gasteiger partial charge in [0.05, 0.1) is 18.1 Å². The van der Waals surface area contributed by atoms with Crippen molar-refractivity contribution in [1.29, 1.82) is 0 Å². The first-order valence-corrected chi connectivity index (χ1v) is 17.1. The van der Waals surface area contributed by atoms with Gasteiger partial charge in [-0.05, 0) is 72.7 Å². The third-order valence-electron chi connectivity index (χ3n) is 8.61. The number of Topliss-reactive ketones (excluding diaryl/α,β-unsaturated/α-hetero) is 2. The maximum absolute atomic E-state index is 13.5. The van der Waals surface area contributed by atoms with Crippen LogP contribution in [-0.4, -0.2) is 80.7 Å². The first kappa shape index (κ1) is 40.4. The second kappa shape index (κ2) is 17.1. The number of aromatic nitrogens is 3. The van der Waals surface area contributed by atoms with E-state index in [1.54, 1.807) is 17.3 Å². The second-order valence-corrected chi connectivity index (χ2v) is 13.0. The number of alkyl halides is 6. The summed E-state index contributed by atoms with van der Waals surface area (Å²) in [5, 5.41) is 9.87. The first-order valence-electron chi connectivity index (χ1n) is 16.7. The molecule has 6 bridgehead atoms. The number of para-hydroxylation sites is 1. The quantitative estimate of drug-likeness (QED) is 0.140. The number of aryl methyl sites for hydroxylation is 2. The number of fused-ring (bicyclic) bond motifs is 6. The maximum atomic E-state index is 13.5. The van der Waals surface area contributed by atoms with Gasteiger partial charge in [0.25, 0.3) is 0 Å². The Kier molecular flexibility index (Phi) is 12.6. The fourth-order valence-electron chi connectivity index (χ4n) is 5.80. The van der Waals surface area contributed by atoms with Crippen LogP contribution in [0.2, 0.25) is 5.02 Å². The number of carbonyl (C=O) groups excluding carboxylic acids is 4. The molecule has 0 unspecified atom stereocenters. The van der Waals surface area contributed by atoms with Gasteiger partial charge in [-0.1, -0.05) is 35.9 Å². The topological polar surface area (TPSA) is 150 Å². The molecule has 19 heteroatoms. The lowest BCUT2D eigenvalue weighted by atomic mass is 9.94. The molecule has 0 radical (unpaired) electrons. The number of pyridine rings is 1. The zero-order valence-electron chi connectivity index (χ0n) is 29.0. The van der Waals surface area contributed by atoms with Crippen LogP contribution < -0.4 is 16.0 Å². The lowest BCUT2D eigenvalue weighted by Gasteiger charge is -2.33.